The van der Waals surface area contributed by atoms with Gasteiger partial charge in [-0.1, -0.05) is 18.2 Å². The van der Waals surface area contributed by atoms with Crippen LogP contribution < -0.4 is 0 Å². The molecule has 0 aliphatic carbocycles. The summed E-state index contributed by atoms with van der Waals surface area (Å²) < 4.78 is 1.96. The van der Waals surface area contributed by atoms with Gasteiger partial charge >= 0.3 is 0 Å². The third-order valence-corrected chi connectivity index (χ3v) is 5.18. The Morgan fingerprint density at radius 1 is 1.17 bits per heavy atom. The van der Waals surface area contributed by atoms with Crippen molar-refractivity contribution in [2.75, 3.05) is 19.7 Å². The molecule has 0 saturated carbocycles. The van der Waals surface area contributed by atoms with Crippen LogP contribution in [0.15, 0.2) is 30.5 Å². The van der Waals surface area contributed by atoms with Crippen LogP contribution in [0.25, 0.3) is 0 Å². The zero-order chi connectivity index (χ0) is 16.2. The van der Waals surface area contributed by atoms with E-state index in [0.717, 1.165) is 19.6 Å². The summed E-state index contributed by atoms with van der Waals surface area (Å²) in [5, 5.41) is 13.5. The third kappa shape index (κ3) is 3.65. The van der Waals surface area contributed by atoms with E-state index >= 15 is 0 Å². The summed E-state index contributed by atoms with van der Waals surface area (Å²) in [5.74, 6) is 0.568. The van der Waals surface area contributed by atoms with Gasteiger partial charge < -0.3 is 5.11 Å². The number of aromatic nitrogens is 2. The first-order valence-electron chi connectivity index (χ1n) is 8.59. The van der Waals surface area contributed by atoms with Crippen LogP contribution in [0, 0.1) is 13.8 Å². The van der Waals surface area contributed by atoms with Crippen LogP contribution in [0.1, 0.15) is 41.1 Å². The first-order valence-corrected chi connectivity index (χ1v) is 8.59. The molecule has 1 saturated heterocycles. The van der Waals surface area contributed by atoms with Gasteiger partial charge in [0.2, 0.25) is 0 Å². The molecule has 4 nitrogen and oxygen atoms in total. The number of hydrogen-bond donors (Lipinski definition) is 1. The number of nitrogens with zero attached hydrogens (tertiary/aromatic N) is 3. The Balaban J connectivity index is 1.60. The molecule has 0 radical (unpaired) electrons. The van der Waals surface area contributed by atoms with Gasteiger partial charge in [-0.25, -0.2) is 0 Å². The van der Waals surface area contributed by atoms with Gasteiger partial charge in [-0.2, -0.15) is 5.10 Å². The number of hydrogen-bond acceptors (Lipinski definition) is 3. The van der Waals surface area contributed by atoms with E-state index in [-0.39, 0.29) is 6.61 Å². The van der Waals surface area contributed by atoms with Crippen LogP contribution in [-0.4, -0.2) is 39.5 Å². The molecule has 23 heavy (non-hydrogen) atoms. The summed E-state index contributed by atoms with van der Waals surface area (Å²) in [6, 6.07) is 8.72. The highest BCUT2D eigenvalue weighted by Gasteiger charge is 2.23. The smallest absolute Gasteiger partial charge is 0.0644 e. The number of benzene rings is 1. The number of aryl methyl sites for hydroxylation is 1. The largest absolute Gasteiger partial charge is 0.394 e. The first kappa shape index (κ1) is 16.2. The van der Waals surface area contributed by atoms with Crippen molar-refractivity contribution < 1.29 is 5.11 Å². The van der Waals surface area contributed by atoms with Crippen LogP contribution in [0.3, 0.4) is 0 Å². The summed E-state index contributed by atoms with van der Waals surface area (Å²) in [6.07, 6.45) is 4.19. The highest BCUT2D eigenvalue weighted by Crippen LogP contribution is 2.29. The van der Waals surface area contributed by atoms with E-state index in [1.807, 2.05) is 10.9 Å². The predicted octanol–water partition coefficient (Wildman–Crippen LogP) is 2.87. The summed E-state index contributed by atoms with van der Waals surface area (Å²) in [7, 11) is 0. The molecule has 1 aromatic carbocycles. The molecule has 0 atom stereocenters. The van der Waals surface area contributed by atoms with E-state index in [9.17, 15) is 0 Å². The average molecular weight is 313 g/mol. The molecule has 0 bridgehead atoms. The number of piperidine rings is 1. The Morgan fingerprint density at radius 3 is 2.70 bits per heavy atom. The summed E-state index contributed by atoms with van der Waals surface area (Å²) in [6.45, 7) is 8.48. The minimum atomic E-state index is 0.153. The summed E-state index contributed by atoms with van der Waals surface area (Å²) >= 11 is 0. The fourth-order valence-electron chi connectivity index (χ4n) is 3.58. The van der Waals surface area contributed by atoms with Gasteiger partial charge in [0.05, 0.1) is 13.2 Å². The Labute approximate surface area is 138 Å². The summed E-state index contributed by atoms with van der Waals surface area (Å²) in [4.78, 5) is 2.56. The highest BCUT2D eigenvalue weighted by atomic mass is 16.3. The lowest BCUT2D eigenvalue weighted by Gasteiger charge is -2.32. The zero-order valence-electron chi connectivity index (χ0n) is 14.2. The summed E-state index contributed by atoms with van der Waals surface area (Å²) in [5.41, 5.74) is 5.54. The second-order valence-electron chi connectivity index (χ2n) is 6.61. The minimum Gasteiger partial charge on any atom is -0.394 e. The Kier molecular flexibility index (Phi) is 5.13. The van der Waals surface area contributed by atoms with E-state index in [4.69, 9.17) is 5.11 Å². The van der Waals surface area contributed by atoms with Gasteiger partial charge in [0.25, 0.3) is 0 Å². The van der Waals surface area contributed by atoms with Crippen molar-refractivity contribution >= 4 is 0 Å². The maximum atomic E-state index is 9.15. The van der Waals surface area contributed by atoms with Gasteiger partial charge in [-0.05, 0) is 62.5 Å². The first-order chi connectivity index (χ1) is 11.2. The van der Waals surface area contributed by atoms with Crippen LogP contribution in [0.4, 0.5) is 0 Å². The number of aliphatic hydroxyl groups is 1. The van der Waals surface area contributed by atoms with Crippen LogP contribution in [-0.2, 0) is 13.1 Å². The molecule has 0 spiro atoms. The topological polar surface area (TPSA) is 41.3 Å². The molecular formula is C19H27N3O. The van der Waals surface area contributed by atoms with E-state index in [2.05, 4.69) is 48.1 Å². The fraction of sp³-hybridized carbons (Fsp3) is 0.526. The lowest BCUT2D eigenvalue weighted by molar-refractivity contribution is 0.198. The Bertz CT molecular complexity index is 642. The molecule has 1 aromatic heterocycles. The van der Waals surface area contributed by atoms with Gasteiger partial charge in [-0.15, -0.1) is 0 Å². The maximum absolute atomic E-state index is 9.15. The molecule has 0 unspecified atom stereocenters. The van der Waals surface area contributed by atoms with Crippen molar-refractivity contribution in [3.05, 3.63) is 52.8 Å². The molecule has 124 valence electrons. The normalized spacial score (nSPS) is 16.8. The molecule has 2 heterocycles. The minimum absolute atomic E-state index is 0.153. The van der Waals surface area contributed by atoms with Crippen molar-refractivity contribution in [1.29, 1.82) is 0 Å². The molecule has 2 aromatic rings. The van der Waals surface area contributed by atoms with E-state index in [1.54, 1.807) is 0 Å². The monoisotopic (exact) mass is 313 g/mol. The lowest BCUT2D eigenvalue weighted by Crippen LogP contribution is -2.33. The lowest BCUT2D eigenvalue weighted by atomic mass is 9.92. The maximum Gasteiger partial charge on any atom is 0.0644 e. The molecule has 4 heteroatoms. The van der Waals surface area contributed by atoms with Crippen molar-refractivity contribution in [3.8, 4) is 0 Å². The van der Waals surface area contributed by atoms with Gasteiger partial charge in [0.15, 0.2) is 0 Å². The molecule has 1 aliphatic rings. The standard InChI is InChI=1S/C19H27N3O/c1-15-4-3-5-18(16(15)2)14-21-10-7-17(8-11-21)19-6-9-20-22(19)12-13-23/h3-6,9,17,23H,7-8,10-14H2,1-2H3. The fourth-order valence-corrected chi connectivity index (χ4v) is 3.58. The van der Waals surface area contributed by atoms with Crippen molar-refractivity contribution in [2.45, 2.75) is 45.7 Å². The third-order valence-electron chi connectivity index (χ3n) is 5.18. The second-order valence-corrected chi connectivity index (χ2v) is 6.61. The van der Waals surface area contributed by atoms with Gasteiger partial charge in [0.1, 0.15) is 0 Å². The van der Waals surface area contributed by atoms with Crippen LogP contribution >= 0.6 is 0 Å². The number of aliphatic hydroxyl groups excluding tert-OH is 1. The number of likely N-dealkylation sites (tertiary alicyclic amines) is 1. The SMILES string of the molecule is Cc1cccc(CN2CCC(c3ccnn3CCO)CC2)c1C. The Morgan fingerprint density at radius 2 is 1.96 bits per heavy atom. The van der Waals surface area contributed by atoms with E-state index in [0.29, 0.717) is 12.5 Å². The molecule has 3 rings (SSSR count). The zero-order valence-corrected chi connectivity index (χ0v) is 14.2. The molecule has 0 amide bonds. The quantitative estimate of drug-likeness (QED) is 0.923. The second kappa shape index (κ2) is 7.28. The van der Waals surface area contributed by atoms with E-state index < -0.39 is 0 Å². The average Bonchev–Trinajstić information content (AvgIpc) is 3.01. The predicted molar refractivity (Wildman–Crippen MR) is 92.5 cm³/mol. The van der Waals surface area contributed by atoms with Crippen LogP contribution in [0.2, 0.25) is 0 Å². The van der Waals surface area contributed by atoms with Crippen molar-refractivity contribution in [3.63, 3.8) is 0 Å². The van der Waals surface area contributed by atoms with Crippen molar-refractivity contribution in [1.82, 2.24) is 14.7 Å². The molecule has 1 N–H and O–H groups in total. The highest BCUT2D eigenvalue weighted by molar-refractivity contribution is 5.33. The van der Waals surface area contributed by atoms with Gasteiger partial charge in [0, 0.05) is 24.4 Å². The molecular weight excluding hydrogens is 286 g/mol. The van der Waals surface area contributed by atoms with E-state index in [1.165, 1.54) is 35.2 Å². The van der Waals surface area contributed by atoms with Gasteiger partial charge in [-0.3, -0.25) is 9.58 Å². The molecule has 1 fully saturated rings. The Hall–Kier alpha value is -1.65. The molecule has 1 aliphatic heterocycles. The van der Waals surface area contributed by atoms with Crippen molar-refractivity contribution in [2.24, 2.45) is 0 Å². The van der Waals surface area contributed by atoms with Crippen LogP contribution in [0.5, 0.6) is 0 Å². The number of rotatable bonds is 5.